The smallest absolute Gasteiger partial charge is 0.410 e. The molecule has 0 unspecified atom stereocenters. The zero-order chi connectivity index (χ0) is 38.5. The molecule has 14 nitrogen and oxygen atoms in total. The average molecular weight is 779 g/mol. The number of hydrogen-bond donors (Lipinski definition) is 4. The van der Waals surface area contributed by atoms with Crippen molar-refractivity contribution in [3.63, 3.8) is 0 Å². The molecule has 0 aromatic heterocycles. The number of nitro benzene ring substituents is 1. The number of urea groups is 1. The highest BCUT2D eigenvalue weighted by Gasteiger charge is 2.30. The third-order valence-electron chi connectivity index (χ3n) is 8.41. The number of nitrogens with zero attached hydrogens (tertiary/aromatic N) is 3. The summed E-state index contributed by atoms with van der Waals surface area (Å²) in [5.41, 5.74) is 5.92. The number of amides is 5. The highest BCUT2D eigenvalue weighted by atomic mass is 35.5. The van der Waals surface area contributed by atoms with Gasteiger partial charge < -0.3 is 36.2 Å². The number of nitro groups is 1. The quantitative estimate of drug-likeness (QED) is 0.109. The summed E-state index contributed by atoms with van der Waals surface area (Å²) in [7, 11) is 0. The second-order valence-electron chi connectivity index (χ2n) is 12.3. The van der Waals surface area contributed by atoms with E-state index in [1.165, 1.54) is 53.4 Å². The zero-order valence-corrected chi connectivity index (χ0v) is 30.0. The molecule has 2 aliphatic rings. The van der Waals surface area contributed by atoms with Crippen LogP contribution in [0.4, 0.5) is 35.4 Å². The number of nitrogens with one attached hydrogen (secondary N) is 3. The molecule has 5 rings (SSSR count). The summed E-state index contributed by atoms with van der Waals surface area (Å²) in [6.45, 7) is 2.57. The van der Waals surface area contributed by atoms with Gasteiger partial charge in [-0.05, 0) is 87.2 Å². The van der Waals surface area contributed by atoms with E-state index in [-0.39, 0.29) is 57.5 Å². The molecule has 2 saturated heterocycles. The number of carbonyl (C=O) groups is 4. The summed E-state index contributed by atoms with van der Waals surface area (Å²) in [6, 6.07) is 13.0. The van der Waals surface area contributed by atoms with E-state index in [1.807, 2.05) is 0 Å². The molecule has 284 valence electrons. The van der Waals surface area contributed by atoms with Gasteiger partial charge in [0.25, 0.3) is 5.69 Å². The van der Waals surface area contributed by atoms with Crippen molar-refractivity contribution in [1.29, 1.82) is 0 Å². The Hall–Kier alpha value is -5.06. The Kier molecular flexibility index (Phi) is 15.1. The van der Waals surface area contributed by atoms with Crippen LogP contribution in [0.3, 0.4) is 0 Å². The molecule has 2 atom stereocenters. The van der Waals surface area contributed by atoms with Crippen molar-refractivity contribution in [2.24, 2.45) is 17.6 Å². The van der Waals surface area contributed by atoms with E-state index in [2.05, 4.69) is 16.0 Å². The van der Waals surface area contributed by atoms with Gasteiger partial charge in [-0.25, -0.2) is 18.4 Å². The van der Waals surface area contributed by atoms with Gasteiger partial charge in [-0.1, -0.05) is 23.2 Å². The van der Waals surface area contributed by atoms with Gasteiger partial charge in [0.1, 0.15) is 17.4 Å². The molecule has 5 N–H and O–H groups in total. The van der Waals surface area contributed by atoms with Crippen molar-refractivity contribution < 1.29 is 37.6 Å². The number of halogens is 4. The Morgan fingerprint density at radius 1 is 0.830 bits per heavy atom. The van der Waals surface area contributed by atoms with Crippen LogP contribution in [0.2, 0.25) is 10.0 Å². The molecule has 0 spiro atoms. The highest BCUT2D eigenvalue weighted by molar-refractivity contribution is 6.31. The van der Waals surface area contributed by atoms with E-state index >= 15 is 0 Å². The highest BCUT2D eigenvalue weighted by Crippen LogP contribution is 2.25. The first-order valence-corrected chi connectivity index (χ1v) is 17.6. The van der Waals surface area contributed by atoms with Crippen LogP contribution in [0.1, 0.15) is 32.1 Å². The Balaban J connectivity index is 0.000000241. The van der Waals surface area contributed by atoms with E-state index in [9.17, 15) is 38.1 Å². The van der Waals surface area contributed by atoms with Crippen molar-refractivity contribution in [2.45, 2.75) is 32.1 Å². The lowest BCUT2D eigenvalue weighted by atomic mass is 9.97. The fourth-order valence-corrected chi connectivity index (χ4v) is 5.81. The molecule has 2 heterocycles. The van der Waals surface area contributed by atoms with E-state index in [0.29, 0.717) is 64.1 Å². The molecule has 0 bridgehead atoms. The number of piperidine rings is 2. The maximum Gasteiger partial charge on any atom is 0.415 e. The fourth-order valence-electron chi connectivity index (χ4n) is 5.58. The number of ether oxygens (including phenoxy) is 1. The average Bonchev–Trinajstić information content (AvgIpc) is 3.15. The first-order valence-electron chi connectivity index (χ1n) is 16.8. The normalized spacial score (nSPS) is 16.8. The third kappa shape index (κ3) is 12.3. The molecule has 18 heteroatoms. The first-order chi connectivity index (χ1) is 25.3. The third-order valence-corrected chi connectivity index (χ3v) is 9.03. The summed E-state index contributed by atoms with van der Waals surface area (Å²) >= 11 is 11.3. The topological polar surface area (TPSA) is 189 Å². The van der Waals surface area contributed by atoms with Crippen LogP contribution < -0.4 is 26.4 Å². The van der Waals surface area contributed by atoms with Gasteiger partial charge in [0.2, 0.25) is 11.8 Å². The van der Waals surface area contributed by atoms with E-state index in [0.717, 1.165) is 12.5 Å². The molecular weight excluding hydrogens is 739 g/mol. The lowest BCUT2D eigenvalue weighted by molar-refractivity contribution is -0.384. The van der Waals surface area contributed by atoms with Gasteiger partial charge >= 0.3 is 12.1 Å². The number of benzene rings is 3. The second kappa shape index (κ2) is 19.7. The predicted octanol–water partition coefficient (Wildman–Crippen LogP) is 6.42. The molecule has 0 aliphatic carbocycles. The van der Waals surface area contributed by atoms with Gasteiger partial charge in [0.15, 0.2) is 0 Å². The molecule has 3 aromatic carbocycles. The van der Waals surface area contributed by atoms with Crippen LogP contribution in [0.5, 0.6) is 5.75 Å². The Labute approximate surface area is 314 Å². The lowest BCUT2D eigenvalue weighted by Gasteiger charge is -2.32. The van der Waals surface area contributed by atoms with Gasteiger partial charge in [-0.15, -0.1) is 0 Å². The minimum absolute atomic E-state index is 0.00555. The molecule has 5 amide bonds. The molecule has 3 aromatic rings. The van der Waals surface area contributed by atoms with Gasteiger partial charge in [0, 0.05) is 56.2 Å². The predicted molar refractivity (Wildman–Crippen MR) is 195 cm³/mol. The second-order valence-corrected chi connectivity index (χ2v) is 13.1. The SMILES string of the molecule is NCCCNC(=O)N1CCC[C@H](C(=O)Nc2ccc(Cl)c(F)c2)C1.O=C(Nc1ccc(Cl)c(F)c1)[C@H]1CCCN(C(=O)Oc2ccc([N+](=O)[O-])cc2)C1. The zero-order valence-electron chi connectivity index (χ0n) is 28.5. The minimum Gasteiger partial charge on any atom is -0.410 e. The van der Waals surface area contributed by atoms with Crippen LogP contribution in [-0.2, 0) is 9.59 Å². The number of nitrogens with two attached hydrogens (primary N) is 1. The fraction of sp³-hybridized carbons (Fsp3) is 0.371. The van der Waals surface area contributed by atoms with Gasteiger partial charge in [-0.3, -0.25) is 19.7 Å². The standard InChI is InChI=1S/C19H17ClFN3O5.C16H22ClFN4O2/c20-16-8-3-13(10-17(16)21)22-18(25)12-2-1-9-23(11-12)19(26)29-15-6-4-14(5-7-15)24(27)28;17-13-5-4-12(9-14(13)18)21-15(23)11-3-1-8-22(10-11)16(24)20-7-2-6-19/h3-8,10,12H,1-2,9,11H2,(H,22,25);4-5,9,11H,1-3,6-8,10,19H2,(H,20,24)(H,21,23)/t12-;11-/m00/s1. The molecule has 0 saturated carbocycles. The maximum absolute atomic E-state index is 13.5. The largest absolute Gasteiger partial charge is 0.415 e. The first kappa shape index (κ1) is 40.7. The molecule has 2 fully saturated rings. The molecular formula is C35H39Cl2F2N7O7. The van der Waals surface area contributed by atoms with Crippen LogP contribution in [0.15, 0.2) is 60.7 Å². The van der Waals surface area contributed by atoms with E-state index in [4.69, 9.17) is 33.7 Å². The van der Waals surface area contributed by atoms with Crippen LogP contribution in [0, 0.1) is 33.6 Å². The number of hydrogen-bond acceptors (Lipinski definition) is 8. The minimum atomic E-state index is -0.645. The van der Waals surface area contributed by atoms with Crippen molar-refractivity contribution in [3.05, 3.63) is 92.5 Å². The number of carbonyl (C=O) groups excluding carboxylic acids is 4. The lowest BCUT2D eigenvalue weighted by Crippen LogP contribution is -2.48. The monoisotopic (exact) mass is 777 g/mol. The van der Waals surface area contributed by atoms with Crippen molar-refractivity contribution in [1.82, 2.24) is 15.1 Å². The number of non-ortho nitro benzene ring substituents is 1. The molecule has 53 heavy (non-hydrogen) atoms. The number of rotatable bonds is 9. The van der Waals surface area contributed by atoms with Crippen molar-refractivity contribution in [3.8, 4) is 5.75 Å². The Morgan fingerprint density at radius 3 is 1.83 bits per heavy atom. The Bertz CT molecular complexity index is 1790. The summed E-state index contributed by atoms with van der Waals surface area (Å²) in [6.07, 6.45) is 2.68. The summed E-state index contributed by atoms with van der Waals surface area (Å²) in [5.74, 6) is -2.41. The van der Waals surface area contributed by atoms with E-state index < -0.39 is 28.6 Å². The number of likely N-dealkylation sites (tertiary alicyclic amines) is 2. The van der Waals surface area contributed by atoms with Gasteiger partial charge in [-0.2, -0.15) is 0 Å². The van der Waals surface area contributed by atoms with Crippen molar-refractivity contribution in [2.75, 3.05) is 49.9 Å². The summed E-state index contributed by atoms with van der Waals surface area (Å²) in [5, 5.41) is 18.7. The summed E-state index contributed by atoms with van der Waals surface area (Å²) in [4.78, 5) is 62.4. The van der Waals surface area contributed by atoms with Crippen molar-refractivity contribution >= 4 is 64.2 Å². The molecule has 0 radical (unpaired) electrons. The maximum atomic E-state index is 13.5. The van der Waals surface area contributed by atoms with Crippen LogP contribution in [-0.4, -0.2) is 77.9 Å². The van der Waals surface area contributed by atoms with E-state index in [1.54, 1.807) is 11.0 Å². The molecule has 2 aliphatic heterocycles. The summed E-state index contributed by atoms with van der Waals surface area (Å²) < 4.78 is 32.2. The van der Waals surface area contributed by atoms with Crippen LogP contribution in [0.25, 0.3) is 0 Å². The van der Waals surface area contributed by atoms with Gasteiger partial charge in [0.05, 0.1) is 26.8 Å². The number of anilines is 2. The van der Waals surface area contributed by atoms with Crippen LogP contribution >= 0.6 is 23.2 Å². The Morgan fingerprint density at radius 2 is 1.34 bits per heavy atom.